The number of hydrogen-bond donors (Lipinski definition) is 8. The van der Waals surface area contributed by atoms with Crippen LogP contribution in [0.4, 0.5) is 0 Å². The predicted octanol–water partition coefficient (Wildman–Crippen LogP) is -2.05. The van der Waals surface area contributed by atoms with Gasteiger partial charge < -0.3 is 42.7 Å². The number of rotatable bonds is 15. The molecule has 1 aromatic rings. The number of carbonyl (C=O) groups is 6. The van der Waals surface area contributed by atoms with Crippen molar-refractivity contribution >= 4 is 35.6 Å². The van der Waals surface area contributed by atoms with Crippen molar-refractivity contribution in [3.8, 4) is 5.75 Å². The number of phenolic OH excluding ortho intramolecular Hbond substituents is 1. The summed E-state index contributed by atoms with van der Waals surface area (Å²) in [5.41, 5.74) is 11.5. The fraction of sp³-hybridized carbons (Fsp3) is 0.455. The van der Waals surface area contributed by atoms with Gasteiger partial charge in [0.1, 0.15) is 23.9 Å². The first-order chi connectivity index (χ1) is 16.8. The van der Waals surface area contributed by atoms with Crippen molar-refractivity contribution in [3.05, 3.63) is 29.8 Å². The molecule has 0 fully saturated rings. The second-order valence-electron chi connectivity index (χ2n) is 8.11. The summed E-state index contributed by atoms with van der Waals surface area (Å²) < 4.78 is 0. The molecule has 0 aliphatic heterocycles. The highest BCUT2D eigenvalue weighted by molar-refractivity contribution is 5.94. The molecule has 14 heteroatoms. The molecule has 1 rings (SSSR count). The van der Waals surface area contributed by atoms with Gasteiger partial charge in [-0.2, -0.15) is 0 Å². The van der Waals surface area contributed by atoms with Crippen LogP contribution in [0, 0.1) is 0 Å². The van der Waals surface area contributed by atoms with E-state index in [0.717, 1.165) is 0 Å². The maximum atomic E-state index is 12.7. The summed E-state index contributed by atoms with van der Waals surface area (Å²) in [5, 5.41) is 34.4. The molecule has 4 atom stereocenters. The standard InChI is InChI=1S/C22H31N5O9/c1-11(19(32)27-16(22(35)36)6-8-17(24)29)25-21(34)15(7-9-18(30)31)26-20(33)14(23)10-12-2-4-13(28)5-3-12/h2-5,11,14-16,28H,6-10,23H2,1H3,(H2,24,29)(H,25,34)(H,26,33)(H,27,32)(H,30,31)(H,35,36). The molecule has 0 aliphatic rings. The average Bonchev–Trinajstić information content (AvgIpc) is 2.79. The molecule has 0 bridgehead atoms. The molecule has 4 amide bonds. The number of nitrogens with one attached hydrogen (secondary N) is 3. The maximum Gasteiger partial charge on any atom is 0.326 e. The Morgan fingerprint density at radius 1 is 0.833 bits per heavy atom. The van der Waals surface area contributed by atoms with E-state index in [0.29, 0.717) is 5.56 Å². The lowest BCUT2D eigenvalue weighted by molar-refractivity contribution is -0.142. The second kappa shape index (κ2) is 14.3. The van der Waals surface area contributed by atoms with Crippen LogP contribution in [0.15, 0.2) is 24.3 Å². The monoisotopic (exact) mass is 509 g/mol. The Hall–Kier alpha value is -4.20. The highest BCUT2D eigenvalue weighted by Crippen LogP contribution is 2.11. The van der Waals surface area contributed by atoms with E-state index in [-0.39, 0.29) is 31.4 Å². The molecule has 0 spiro atoms. The quantitative estimate of drug-likeness (QED) is 0.128. The first-order valence-electron chi connectivity index (χ1n) is 11.0. The first kappa shape index (κ1) is 29.8. The number of primary amides is 1. The lowest BCUT2D eigenvalue weighted by Crippen LogP contribution is -2.56. The summed E-state index contributed by atoms with van der Waals surface area (Å²) in [4.78, 5) is 70.8. The number of carbonyl (C=O) groups excluding carboxylic acids is 4. The third-order valence-electron chi connectivity index (χ3n) is 5.05. The zero-order valence-corrected chi connectivity index (χ0v) is 19.6. The number of nitrogens with two attached hydrogens (primary N) is 2. The minimum Gasteiger partial charge on any atom is -0.508 e. The molecular formula is C22H31N5O9. The average molecular weight is 510 g/mol. The molecule has 198 valence electrons. The van der Waals surface area contributed by atoms with E-state index in [9.17, 15) is 39.0 Å². The van der Waals surface area contributed by atoms with Crippen molar-refractivity contribution in [2.75, 3.05) is 0 Å². The molecule has 0 saturated heterocycles. The Balaban J connectivity index is 2.80. The Kier molecular flexibility index (Phi) is 11.8. The first-order valence-corrected chi connectivity index (χ1v) is 11.0. The zero-order chi connectivity index (χ0) is 27.4. The topological polar surface area (TPSA) is 251 Å². The molecule has 0 heterocycles. The number of aromatic hydroxyl groups is 1. The molecule has 0 aromatic heterocycles. The molecule has 0 aliphatic carbocycles. The molecule has 0 saturated carbocycles. The number of aliphatic carboxylic acids is 2. The van der Waals surface area contributed by atoms with Crippen LogP contribution in [0.5, 0.6) is 5.75 Å². The fourth-order valence-electron chi connectivity index (χ4n) is 3.01. The summed E-state index contributed by atoms with van der Waals surface area (Å²) in [6, 6.07) is 0.817. The molecule has 0 radical (unpaired) electrons. The van der Waals surface area contributed by atoms with Crippen LogP contribution in [-0.2, 0) is 35.2 Å². The van der Waals surface area contributed by atoms with E-state index < -0.39 is 66.2 Å². The third-order valence-corrected chi connectivity index (χ3v) is 5.05. The van der Waals surface area contributed by atoms with E-state index in [1.807, 2.05) is 0 Å². The van der Waals surface area contributed by atoms with Crippen LogP contribution in [0.3, 0.4) is 0 Å². The lowest BCUT2D eigenvalue weighted by Gasteiger charge is -2.23. The van der Waals surface area contributed by atoms with Crippen molar-refractivity contribution in [2.45, 2.75) is 63.2 Å². The van der Waals surface area contributed by atoms with Crippen LogP contribution in [0.1, 0.15) is 38.2 Å². The minimum atomic E-state index is -1.43. The van der Waals surface area contributed by atoms with Gasteiger partial charge >= 0.3 is 11.9 Å². The Morgan fingerprint density at radius 3 is 1.92 bits per heavy atom. The van der Waals surface area contributed by atoms with Crippen LogP contribution >= 0.6 is 0 Å². The SMILES string of the molecule is CC(NC(=O)C(CCC(=O)O)NC(=O)C(N)Cc1ccc(O)cc1)C(=O)NC(CCC(N)=O)C(=O)O. The Labute approximate surface area is 206 Å². The molecule has 36 heavy (non-hydrogen) atoms. The number of benzene rings is 1. The smallest absolute Gasteiger partial charge is 0.326 e. The van der Waals surface area contributed by atoms with Gasteiger partial charge in [-0.25, -0.2) is 4.79 Å². The highest BCUT2D eigenvalue weighted by Gasteiger charge is 2.29. The molecule has 10 N–H and O–H groups in total. The van der Waals surface area contributed by atoms with Crippen molar-refractivity contribution in [1.82, 2.24) is 16.0 Å². The fourth-order valence-corrected chi connectivity index (χ4v) is 3.01. The molecule has 4 unspecified atom stereocenters. The maximum absolute atomic E-state index is 12.7. The van der Waals surface area contributed by atoms with Gasteiger partial charge in [0.15, 0.2) is 0 Å². The van der Waals surface area contributed by atoms with Gasteiger partial charge in [0.05, 0.1) is 6.04 Å². The van der Waals surface area contributed by atoms with Crippen molar-refractivity contribution in [3.63, 3.8) is 0 Å². The van der Waals surface area contributed by atoms with Crippen LogP contribution in [0.25, 0.3) is 0 Å². The predicted molar refractivity (Wildman–Crippen MR) is 124 cm³/mol. The largest absolute Gasteiger partial charge is 0.508 e. The van der Waals surface area contributed by atoms with Gasteiger partial charge in [-0.1, -0.05) is 12.1 Å². The van der Waals surface area contributed by atoms with Crippen LogP contribution in [0.2, 0.25) is 0 Å². The van der Waals surface area contributed by atoms with Crippen LogP contribution < -0.4 is 27.4 Å². The number of phenols is 1. The van der Waals surface area contributed by atoms with E-state index in [1.165, 1.54) is 19.1 Å². The molecule has 1 aromatic carbocycles. The highest BCUT2D eigenvalue weighted by atomic mass is 16.4. The van der Waals surface area contributed by atoms with Crippen molar-refractivity contribution in [1.29, 1.82) is 0 Å². The summed E-state index contributed by atoms with van der Waals surface area (Å²) >= 11 is 0. The van der Waals surface area contributed by atoms with Crippen molar-refractivity contribution < 1.29 is 44.1 Å². The summed E-state index contributed by atoms with van der Waals surface area (Å²) in [6.07, 6.45) is -1.25. The Bertz CT molecular complexity index is 967. The second-order valence-corrected chi connectivity index (χ2v) is 8.11. The summed E-state index contributed by atoms with van der Waals surface area (Å²) in [6.45, 7) is 1.26. The van der Waals surface area contributed by atoms with Gasteiger partial charge in [-0.05, 0) is 43.9 Å². The van der Waals surface area contributed by atoms with E-state index in [4.69, 9.17) is 16.6 Å². The number of hydrogen-bond acceptors (Lipinski definition) is 8. The Morgan fingerprint density at radius 2 is 1.39 bits per heavy atom. The molecular weight excluding hydrogens is 478 g/mol. The summed E-state index contributed by atoms with van der Waals surface area (Å²) in [7, 11) is 0. The van der Waals surface area contributed by atoms with Gasteiger partial charge in [0, 0.05) is 12.8 Å². The normalized spacial score (nSPS) is 13.9. The van der Waals surface area contributed by atoms with E-state index in [2.05, 4.69) is 16.0 Å². The molecule has 14 nitrogen and oxygen atoms in total. The van der Waals surface area contributed by atoms with E-state index in [1.54, 1.807) is 12.1 Å². The van der Waals surface area contributed by atoms with Crippen LogP contribution in [-0.4, -0.2) is 75.1 Å². The number of amides is 4. The van der Waals surface area contributed by atoms with Crippen molar-refractivity contribution in [2.24, 2.45) is 11.5 Å². The third kappa shape index (κ3) is 10.8. The van der Waals surface area contributed by atoms with Gasteiger partial charge in [-0.3, -0.25) is 24.0 Å². The summed E-state index contributed by atoms with van der Waals surface area (Å²) in [5.74, 6) is -5.86. The van der Waals surface area contributed by atoms with E-state index >= 15 is 0 Å². The lowest BCUT2D eigenvalue weighted by atomic mass is 10.0. The zero-order valence-electron chi connectivity index (χ0n) is 19.6. The van der Waals surface area contributed by atoms with Gasteiger partial charge in [0.25, 0.3) is 0 Å². The number of carboxylic acids is 2. The minimum absolute atomic E-state index is 0.0304. The van der Waals surface area contributed by atoms with Gasteiger partial charge in [0.2, 0.25) is 23.6 Å². The van der Waals surface area contributed by atoms with Gasteiger partial charge in [-0.15, -0.1) is 0 Å². The number of carboxylic acid groups (broad SMARTS) is 2.